The van der Waals surface area contributed by atoms with Gasteiger partial charge in [-0.2, -0.15) is 11.8 Å². The first kappa shape index (κ1) is 11.3. The normalized spacial score (nSPS) is 10.0. The van der Waals surface area contributed by atoms with Gasteiger partial charge >= 0.3 is 0 Å². The second-order valence-electron chi connectivity index (χ2n) is 2.24. The highest BCUT2D eigenvalue weighted by Gasteiger charge is 1.88. The fraction of sp³-hybridized carbons (Fsp3) is 0.750. The molecule has 0 saturated heterocycles. The Bertz CT molecular complexity index is 106. The smallest absolute Gasteiger partial charge is 0.0307 e. The number of halogens is 1. The molecule has 0 bridgehead atoms. The van der Waals surface area contributed by atoms with Gasteiger partial charge in [0, 0.05) is 11.6 Å². The van der Waals surface area contributed by atoms with E-state index in [-0.39, 0.29) is 0 Å². The summed E-state index contributed by atoms with van der Waals surface area (Å²) in [5.74, 6) is 2.44. The van der Waals surface area contributed by atoms with Gasteiger partial charge in [0.15, 0.2) is 0 Å². The summed E-state index contributed by atoms with van der Waals surface area (Å²) < 4.78 is 0. The Morgan fingerprint density at radius 3 is 2.91 bits per heavy atom. The first-order valence-electron chi connectivity index (χ1n) is 3.89. The fourth-order valence-electron chi connectivity index (χ4n) is 0.668. The van der Waals surface area contributed by atoms with E-state index in [0.29, 0.717) is 5.03 Å². The van der Waals surface area contributed by atoms with Gasteiger partial charge in [0.1, 0.15) is 0 Å². The van der Waals surface area contributed by atoms with E-state index in [1.807, 2.05) is 11.8 Å². The zero-order chi connectivity index (χ0) is 8.53. The molecule has 0 spiro atoms. The Morgan fingerprint density at radius 2 is 2.36 bits per heavy atom. The summed E-state index contributed by atoms with van der Waals surface area (Å²) >= 11 is 7.53. The molecule has 11 heavy (non-hydrogen) atoms. The lowest BCUT2D eigenvalue weighted by molar-refractivity contribution is 0.730. The van der Waals surface area contributed by atoms with Crippen LogP contribution in [-0.4, -0.2) is 24.6 Å². The molecule has 0 atom stereocenters. The number of hydrogen-bond donors (Lipinski definition) is 1. The highest BCUT2D eigenvalue weighted by Crippen LogP contribution is 1.99. The Hall–Kier alpha value is 0.340. The van der Waals surface area contributed by atoms with Gasteiger partial charge in [0.25, 0.3) is 0 Å². The first-order chi connectivity index (χ1) is 5.27. The summed E-state index contributed by atoms with van der Waals surface area (Å²) in [6, 6.07) is 0. The highest BCUT2D eigenvalue weighted by atomic mass is 35.5. The molecule has 0 unspecified atom stereocenters. The van der Waals surface area contributed by atoms with Crippen LogP contribution in [0.1, 0.15) is 13.3 Å². The van der Waals surface area contributed by atoms with Gasteiger partial charge in [0.2, 0.25) is 0 Å². The summed E-state index contributed by atoms with van der Waals surface area (Å²) in [4.78, 5) is 0. The molecule has 0 aromatic rings. The summed E-state index contributed by atoms with van der Waals surface area (Å²) in [6.07, 6.45) is 1.21. The van der Waals surface area contributed by atoms with Crippen LogP contribution < -0.4 is 5.32 Å². The van der Waals surface area contributed by atoms with Gasteiger partial charge in [-0.05, 0) is 24.5 Å². The van der Waals surface area contributed by atoms with Crippen molar-refractivity contribution in [2.45, 2.75) is 13.3 Å². The van der Waals surface area contributed by atoms with E-state index in [0.717, 1.165) is 13.1 Å². The molecule has 0 heterocycles. The van der Waals surface area contributed by atoms with Gasteiger partial charge in [0.05, 0.1) is 0 Å². The third kappa shape index (κ3) is 10.3. The molecule has 0 aliphatic heterocycles. The predicted molar refractivity (Wildman–Crippen MR) is 55.5 cm³/mol. The average Bonchev–Trinajstić information content (AvgIpc) is 1.96. The van der Waals surface area contributed by atoms with Crippen LogP contribution in [0.15, 0.2) is 11.6 Å². The van der Waals surface area contributed by atoms with Crippen LogP contribution in [0.3, 0.4) is 0 Å². The molecule has 0 rings (SSSR count). The molecule has 0 aliphatic carbocycles. The monoisotopic (exact) mass is 193 g/mol. The van der Waals surface area contributed by atoms with Gasteiger partial charge < -0.3 is 5.32 Å². The van der Waals surface area contributed by atoms with Crippen molar-refractivity contribution in [3.8, 4) is 0 Å². The van der Waals surface area contributed by atoms with Crippen LogP contribution in [-0.2, 0) is 0 Å². The molecule has 1 N–H and O–H groups in total. The van der Waals surface area contributed by atoms with Crippen molar-refractivity contribution in [3.05, 3.63) is 11.6 Å². The molecule has 0 radical (unpaired) electrons. The largest absolute Gasteiger partial charge is 0.312 e. The molecule has 0 amide bonds. The number of nitrogens with one attached hydrogen (secondary N) is 1. The van der Waals surface area contributed by atoms with E-state index in [9.17, 15) is 0 Å². The molecule has 66 valence electrons. The Labute approximate surface area is 78.6 Å². The molecule has 0 aromatic heterocycles. The molecular weight excluding hydrogens is 178 g/mol. The van der Waals surface area contributed by atoms with E-state index in [2.05, 4.69) is 18.8 Å². The zero-order valence-corrected chi connectivity index (χ0v) is 8.60. The quantitative estimate of drug-likeness (QED) is 0.624. The summed E-state index contributed by atoms with van der Waals surface area (Å²) in [6.45, 7) is 7.54. The lowest BCUT2D eigenvalue weighted by Gasteiger charge is -2.01. The number of hydrogen-bond acceptors (Lipinski definition) is 2. The van der Waals surface area contributed by atoms with Crippen LogP contribution in [0.25, 0.3) is 0 Å². The Kier molecular flexibility index (Phi) is 8.70. The standard InChI is InChI=1S/C8H16ClNS/c1-3-11-6-4-5-10-7-8(2)9/h10H,2-7H2,1H3. The van der Waals surface area contributed by atoms with Crippen LogP contribution in [0, 0.1) is 0 Å². The Morgan fingerprint density at radius 1 is 1.64 bits per heavy atom. The van der Waals surface area contributed by atoms with Gasteiger partial charge in [-0.15, -0.1) is 0 Å². The van der Waals surface area contributed by atoms with E-state index >= 15 is 0 Å². The maximum absolute atomic E-state index is 5.56. The van der Waals surface area contributed by atoms with Crippen LogP contribution in [0.2, 0.25) is 0 Å². The molecule has 0 saturated carbocycles. The molecule has 0 aliphatic rings. The van der Waals surface area contributed by atoms with Gasteiger partial charge in [-0.1, -0.05) is 25.1 Å². The second-order valence-corrected chi connectivity index (χ2v) is 4.17. The topological polar surface area (TPSA) is 12.0 Å². The molecular formula is C8H16ClNS. The lowest BCUT2D eigenvalue weighted by atomic mass is 10.4. The first-order valence-corrected chi connectivity index (χ1v) is 5.42. The maximum Gasteiger partial charge on any atom is 0.0307 e. The van der Waals surface area contributed by atoms with Crippen LogP contribution >= 0.6 is 23.4 Å². The second kappa shape index (κ2) is 8.44. The van der Waals surface area contributed by atoms with E-state index < -0.39 is 0 Å². The van der Waals surface area contributed by atoms with Crippen molar-refractivity contribution in [3.63, 3.8) is 0 Å². The molecule has 0 aromatic carbocycles. The maximum atomic E-state index is 5.56. The zero-order valence-electron chi connectivity index (χ0n) is 7.03. The average molecular weight is 194 g/mol. The minimum absolute atomic E-state index is 0.688. The van der Waals surface area contributed by atoms with E-state index in [1.165, 1.54) is 17.9 Å². The molecule has 0 fully saturated rings. The van der Waals surface area contributed by atoms with E-state index in [1.54, 1.807) is 0 Å². The predicted octanol–water partition coefficient (Wildman–Crippen LogP) is 2.47. The molecule has 1 nitrogen and oxygen atoms in total. The van der Waals surface area contributed by atoms with Crippen molar-refractivity contribution < 1.29 is 0 Å². The van der Waals surface area contributed by atoms with Gasteiger partial charge in [-0.3, -0.25) is 0 Å². The van der Waals surface area contributed by atoms with Crippen molar-refractivity contribution >= 4 is 23.4 Å². The summed E-state index contributed by atoms with van der Waals surface area (Å²) in [5.41, 5.74) is 0. The van der Waals surface area contributed by atoms with E-state index in [4.69, 9.17) is 11.6 Å². The summed E-state index contributed by atoms with van der Waals surface area (Å²) in [7, 11) is 0. The third-order valence-corrected chi connectivity index (χ3v) is 2.28. The number of thioether (sulfide) groups is 1. The number of rotatable bonds is 7. The minimum Gasteiger partial charge on any atom is -0.312 e. The fourth-order valence-corrected chi connectivity index (χ4v) is 1.40. The SMILES string of the molecule is C=C(Cl)CNCCCSCC. The van der Waals surface area contributed by atoms with Crippen LogP contribution in [0.5, 0.6) is 0 Å². The van der Waals surface area contributed by atoms with Crippen LogP contribution in [0.4, 0.5) is 0 Å². The van der Waals surface area contributed by atoms with Gasteiger partial charge in [-0.25, -0.2) is 0 Å². The Balaban J connectivity index is 2.85. The van der Waals surface area contributed by atoms with Crippen molar-refractivity contribution in [2.75, 3.05) is 24.6 Å². The van der Waals surface area contributed by atoms with Crippen molar-refractivity contribution in [1.29, 1.82) is 0 Å². The lowest BCUT2D eigenvalue weighted by Crippen LogP contribution is -2.17. The minimum atomic E-state index is 0.688. The van der Waals surface area contributed by atoms with Crippen molar-refractivity contribution in [1.82, 2.24) is 5.32 Å². The van der Waals surface area contributed by atoms with Crippen molar-refractivity contribution in [2.24, 2.45) is 0 Å². The summed E-state index contributed by atoms with van der Waals surface area (Å²) in [5, 5.41) is 3.89. The highest BCUT2D eigenvalue weighted by molar-refractivity contribution is 7.99. The molecule has 3 heteroatoms. The third-order valence-electron chi connectivity index (χ3n) is 1.16.